The average Bonchev–Trinajstić information content (AvgIpc) is 2.51. The van der Waals surface area contributed by atoms with Crippen LogP contribution in [-0.4, -0.2) is 39.9 Å². The third-order valence-corrected chi connectivity index (χ3v) is 3.52. The maximum absolute atomic E-state index is 12.7. The summed E-state index contributed by atoms with van der Waals surface area (Å²) in [6, 6.07) is 8.72. The van der Waals surface area contributed by atoms with Crippen molar-refractivity contribution >= 4 is 22.6 Å². The van der Waals surface area contributed by atoms with E-state index in [-0.39, 0.29) is 11.7 Å². The van der Waals surface area contributed by atoms with Crippen LogP contribution in [0.5, 0.6) is 0 Å². The molecule has 0 fully saturated rings. The van der Waals surface area contributed by atoms with Crippen LogP contribution < -0.4 is 5.73 Å². The van der Waals surface area contributed by atoms with Crippen molar-refractivity contribution in [3.63, 3.8) is 0 Å². The normalized spacial score (nSPS) is 13.2. The first-order valence-electron chi connectivity index (χ1n) is 6.56. The van der Waals surface area contributed by atoms with Crippen LogP contribution in [0.2, 0.25) is 0 Å². The van der Waals surface area contributed by atoms with Gasteiger partial charge in [-0.1, -0.05) is 23.4 Å². The molecule has 6 nitrogen and oxygen atoms in total. The summed E-state index contributed by atoms with van der Waals surface area (Å²) in [6.07, 6.45) is 0. The van der Waals surface area contributed by atoms with Gasteiger partial charge in [0, 0.05) is 18.1 Å². The predicted octanol–water partition coefficient (Wildman–Crippen LogP) is 1.75. The number of benzene rings is 1. The van der Waals surface area contributed by atoms with Crippen LogP contribution >= 0.6 is 0 Å². The molecule has 21 heavy (non-hydrogen) atoms. The molecule has 3 N–H and O–H groups in total. The number of carbonyl (C=O) groups excluding carboxylic acids is 1. The van der Waals surface area contributed by atoms with Gasteiger partial charge in [-0.3, -0.25) is 9.78 Å². The van der Waals surface area contributed by atoms with Crippen LogP contribution in [0, 0.1) is 6.92 Å². The smallest absolute Gasteiger partial charge is 0.254 e. The van der Waals surface area contributed by atoms with E-state index < -0.39 is 6.04 Å². The number of amidine groups is 1. The fraction of sp³-hybridized carbons (Fsp3) is 0.267. The molecule has 0 aliphatic rings. The van der Waals surface area contributed by atoms with E-state index in [9.17, 15) is 4.79 Å². The highest BCUT2D eigenvalue weighted by molar-refractivity contribution is 6.07. The van der Waals surface area contributed by atoms with E-state index in [0.29, 0.717) is 5.56 Å². The molecule has 0 spiro atoms. The van der Waals surface area contributed by atoms with Gasteiger partial charge in [0.05, 0.1) is 17.1 Å². The van der Waals surface area contributed by atoms with Gasteiger partial charge in [-0.2, -0.15) is 0 Å². The number of hydrogen-bond donors (Lipinski definition) is 2. The first-order chi connectivity index (χ1) is 9.95. The molecule has 2 rings (SSSR count). The summed E-state index contributed by atoms with van der Waals surface area (Å²) in [4.78, 5) is 18.5. The monoisotopic (exact) mass is 286 g/mol. The molecule has 0 saturated carbocycles. The Balaban J connectivity index is 2.49. The molecule has 1 heterocycles. The molecule has 1 aromatic carbocycles. The maximum Gasteiger partial charge on any atom is 0.254 e. The number of pyridine rings is 1. The number of para-hydroxylation sites is 1. The Morgan fingerprint density at radius 1 is 1.43 bits per heavy atom. The number of nitrogens with two attached hydrogens (primary N) is 1. The zero-order chi connectivity index (χ0) is 15.6. The summed E-state index contributed by atoms with van der Waals surface area (Å²) in [7, 11) is 1.62. The van der Waals surface area contributed by atoms with Crippen molar-refractivity contribution in [1.29, 1.82) is 0 Å². The number of nitrogens with zero attached hydrogens (tertiary/aromatic N) is 3. The highest BCUT2D eigenvalue weighted by Gasteiger charge is 2.22. The van der Waals surface area contributed by atoms with E-state index in [1.165, 1.54) is 4.90 Å². The van der Waals surface area contributed by atoms with Crippen LogP contribution in [0.4, 0.5) is 0 Å². The standard InChI is InChI=1S/C15H18N4O2/c1-9-8-12(11-6-4-5-7-13(11)17-9)15(20)19(3)10(2)14(16)18-21/h4-8,10,21H,1-3H3,(H2,16,18). The van der Waals surface area contributed by atoms with Crippen molar-refractivity contribution in [3.8, 4) is 0 Å². The Morgan fingerprint density at radius 2 is 2.10 bits per heavy atom. The van der Waals surface area contributed by atoms with Gasteiger partial charge in [0.15, 0.2) is 5.84 Å². The summed E-state index contributed by atoms with van der Waals surface area (Å²) in [5.74, 6) is -0.211. The molecule has 1 amide bonds. The number of amides is 1. The first kappa shape index (κ1) is 14.8. The quantitative estimate of drug-likeness (QED) is 0.389. The number of rotatable bonds is 3. The Bertz CT molecular complexity index is 712. The Labute approximate surface area is 122 Å². The molecule has 1 unspecified atom stereocenters. The van der Waals surface area contributed by atoms with Crippen molar-refractivity contribution in [2.75, 3.05) is 7.05 Å². The summed E-state index contributed by atoms with van der Waals surface area (Å²) in [6.45, 7) is 3.54. The van der Waals surface area contributed by atoms with Gasteiger partial charge < -0.3 is 15.8 Å². The van der Waals surface area contributed by atoms with Crippen LogP contribution in [0.25, 0.3) is 10.9 Å². The largest absolute Gasteiger partial charge is 0.409 e. The molecular weight excluding hydrogens is 268 g/mol. The van der Waals surface area contributed by atoms with Gasteiger partial charge in [-0.05, 0) is 26.0 Å². The van der Waals surface area contributed by atoms with E-state index in [4.69, 9.17) is 10.9 Å². The van der Waals surface area contributed by atoms with Crippen molar-refractivity contribution in [1.82, 2.24) is 9.88 Å². The number of likely N-dealkylation sites (N-methyl/N-ethyl adjacent to an activating group) is 1. The first-order valence-corrected chi connectivity index (χ1v) is 6.56. The molecule has 0 aliphatic carbocycles. The zero-order valence-electron chi connectivity index (χ0n) is 12.2. The Hall–Kier alpha value is -2.63. The lowest BCUT2D eigenvalue weighted by Gasteiger charge is -2.24. The number of fused-ring (bicyclic) bond motifs is 1. The summed E-state index contributed by atoms with van der Waals surface area (Å²) in [5.41, 5.74) is 7.66. The summed E-state index contributed by atoms with van der Waals surface area (Å²) >= 11 is 0. The minimum Gasteiger partial charge on any atom is -0.409 e. The van der Waals surface area contributed by atoms with Crippen molar-refractivity contribution < 1.29 is 10.0 Å². The predicted molar refractivity (Wildman–Crippen MR) is 81.4 cm³/mol. The topological polar surface area (TPSA) is 91.8 Å². The number of aryl methyl sites for hydroxylation is 1. The third-order valence-electron chi connectivity index (χ3n) is 3.52. The maximum atomic E-state index is 12.7. The van der Waals surface area contributed by atoms with Gasteiger partial charge in [0.25, 0.3) is 5.91 Å². The van der Waals surface area contributed by atoms with Crippen LogP contribution in [0.1, 0.15) is 23.0 Å². The van der Waals surface area contributed by atoms with E-state index in [2.05, 4.69) is 10.1 Å². The molecule has 110 valence electrons. The molecule has 0 aliphatic heterocycles. The number of hydrogen-bond acceptors (Lipinski definition) is 4. The van der Waals surface area contributed by atoms with Gasteiger partial charge in [-0.25, -0.2) is 0 Å². The van der Waals surface area contributed by atoms with E-state index >= 15 is 0 Å². The van der Waals surface area contributed by atoms with E-state index in [1.807, 2.05) is 31.2 Å². The number of oxime groups is 1. The van der Waals surface area contributed by atoms with Crippen LogP contribution in [-0.2, 0) is 0 Å². The molecule has 0 bridgehead atoms. The number of carbonyl (C=O) groups is 1. The van der Waals surface area contributed by atoms with Gasteiger partial charge >= 0.3 is 0 Å². The van der Waals surface area contributed by atoms with Gasteiger partial charge in [-0.15, -0.1) is 0 Å². The zero-order valence-corrected chi connectivity index (χ0v) is 12.2. The summed E-state index contributed by atoms with van der Waals surface area (Å²) < 4.78 is 0. The van der Waals surface area contributed by atoms with E-state index in [1.54, 1.807) is 20.0 Å². The second kappa shape index (κ2) is 5.78. The highest BCUT2D eigenvalue weighted by atomic mass is 16.4. The second-order valence-corrected chi connectivity index (χ2v) is 4.95. The number of aromatic nitrogens is 1. The van der Waals surface area contributed by atoms with Crippen LogP contribution in [0.15, 0.2) is 35.5 Å². The molecule has 2 aromatic rings. The SMILES string of the molecule is Cc1cc(C(=O)N(C)C(C)C(N)=NO)c2ccccc2n1. The van der Waals surface area contributed by atoms with Gasteiger partial charge in [0.2, 0.25) is 0 Å². The Kier molecular flexibility index (Phi) is 4.07. The lowest BCUT2D eigenvalue weighted by Crippen LogP contribution is -2.43. The average molecular weight is 286 g/mol. The molecule has 1 atom stereocenters. The van der Waals surface area contributed by atoms with Crippen molar-refractivity contribution in [3.05, 3.63) is 41.6 Å². The molecule has 1 aromatic heterocycles. The van der Waals surface area contributed by atoms with Crippen LogP contribution in [0.3, 0.4) is 0 Å². The third kappa shape index (κ3) is 2.79. The second-order valence-electron chi connectivity index (χ2n) is 4.95. The molecular formula is C15H18N4O2. The molecule has 0 radical (unpaired) electrons. The lowest BCUT2D eigenvalue weighted by atomic mass is 10.1. The summed E-state index contributed by atoms with van der Waals surface area (Å²) in [5, 5.41) is 12.5. The fourth-order valence-electron chi connectivity index (χ4n) is 2.13. The molecule has 6 heteroatoms. The lowest BCUT2D eigenvalue weighted by molar-refractivity contribution is 0.0778. The Morgan fingerprint density at radius 3 is 2.76 bits per heavy atom. The van der Waals surface area contributed by atoms with E-state index in [0.717, 1.165) is 16.6 Å². The molecule has 0 saturated heterocycles. The fourth-order valence-corrected chi connectivity index (χ4v) is 2.13. The van der Waals surface area contributed by atoms with Gasteiger partial charge in [0.1, 0.15) is 0 Å². The highest BCUT2D eigenvalue weighted by Crippen LogP contribution is 2.20. The minimum absolute atomic E-state index is 0.0130. The van der Waals surface area contributed by atoms with Crippen molar-refractivity contribution in [2.45, 2.75) is 19.9 Å². The van der Waals surface area contributed by atoms with Crippen molar-refractivity contribution in [2.24, 2.45) is 10.9 Å². The minimum atomic E-state index is -0.505.